The Morgan fingerprint density at radius 2 is 2.00 bits per heavy atom. The van der Waals surface area contributed by atoms with E-state index in [1.807, 2.05) is 7.05 Å². The van der Waals surface area contributed by atoms with Crippen LogP contribution in [-0.4, -0.2) is 44.2 Å². The molecular formula is C12H26N2O2. The van der Waals surface area contributed by atoms with Gasteiger partial charge in [0.25, 0.3) is 0 Å². The molecule has 16 heavy (non-hydrogen) atoms. The molecule has 0 unspecified atom stereocenters. The molecule has 0 atom stereocenters. The van der Waals surface area contributed by atoms with E-state index in [1.54, 1.807) is 4.90 Å². The SMILES string of the molecule is CCCOCCC(=O)N(C)CC(C)(C)CN. The average molecular weight is 230 g/mol. The predicted molar refractivity (Wildman–Crippen MR) is 66.2 cm³/mol. The molecular weight excluding hydrogens is 204 g/mol. The van der Waals surface area contributed by atoms with Crippen molar-refractivity contribution in [3.8, 4) is 0 Å². The van der Waals surface area contributed by atoms with Crippen LogP contribution in [0.15, 0.2) is 0 Å². The van der Waals surface area contributed by atoms with Crippen molar-refractivity contribution in [1.29, 1.82) is 0 Å². The second-order valence-electron chi connectivity index (χ2n) is 4.98. The Bertz CT molecular complexity index is 205. The molecule has 0 saturated carbocycles. The highest BCUT2D eigenvalue weighted by Crippen LogP contribution is 2.14. The Morgan fingerprint density at radius 1 is 1.38 bits per heavy atom. The monoisotopic (exact) mass is 230 g/mol. The van der Waals surface area contributed by atoms with Gasteiger partial charge in [-0.2, -0.15) is 0 Å². The molecule has 0 spiro atoms. The van der Waals surface area contributed by atoms with E-state index in [0.29, 0.717) is 26.1 Å². The highest BCUT2D eigenvalue weighted by Gasteiger charge is 2.20. The molecule has 4 nitrogen and oxygen atoms in total. The number of carbonyl (C=O) groups excluding carboxylic acids is 1. The topological polar surface area (TPSA) is 55.6 Å². The third-order valence-corrected chi connectivity index (χ3v) is 2.45. The number of hydrogen-bond donors (Lipinski definition) is 1. The minimum Gasteiger partial charge on any atom is -0.381 e. The second-order valence-corrected chi connectivity index (χ2v) is 4.98. The van der Waals surface area contributed by atoms with Gasteiger partial charge in [-0.25, -0.2) is 0 Å². The van der Waals surface area contributed by atoms with Crippen LogP contribution in [0.2, 0.25) is 0 Å². The summed E-state index contributed by atoms with van der Waals surface area (Å²) in [6.07, 6.45) is 1.45. The number of rotatable bonds is 8. The molecule has 0 aliphatic rings. The molecule has 0 bridgehead atoms. The van der Waals surface area contributed by atoms with Crippen LogP contribution in [-0.2, 0) is 9.53 Å². The number of nitrogens with two attached hydrogens (primary N) is 1. The molecule has 0 aliphatic carbocycles. The summed E-state index contributed by atoms with van der Waals surface area (Å²) in [5.41, 5.74) is 5.61. The third kappa shape index (κ3) is 6.80. The lowest BCUT2D eigenvalue weighted by molar-refractivity contribution is -0.132. The fourth-order valence-corrected chi connectivity index (χ4v) is 1.39. The molecule has 0 fully saturated rings. The first kappa shape index (κ1) is 15.4. The molecule has 0 radical (unpaired) electrons. The van der Waals surface area contributed by atoms with Crippen LogP contribution in [0.5, 0.6) is 0 Å². The van der Waals surface area contributed by atoms with E-state index in [1.165, 1.54) is 0 Å². The second kappa shape index (κ2) is 7.63. The molecule has 0 heterocycles. The van der Waals surface area contributed by atoms with Crippen molar-refractivity contribution in [2.24, 2.45) is 11.1 Å². The van der Waals surface area contributed by atoms with E-state index in [9.17, 15) is 4.79 Å². The van der Waals surface area contributed by atoms with Crippen LogP contribution >= 0.6 is 0 Å². The molecule has 0 saturated heterocycles. The number of hydrogen-bond acceptors (Lipinski definition) is 3. The molecule has 0 rings (SSSR count). The molecule has 0 aliphatic heterocycles. The molecule has 1 amide bonds. The number of amides is 1. The Balaban J connectivity index is 3.82. The quantitative estimate of drug-likeness (QED) is 0.638. The Kier molecular flexibility index (Phi) is 7.34. The van der Waals surface area contributed by atoms with Crippen molar-refractivity contribution in [3.63, 3.8) is 0 Å². The van der Waals surface area contributed by atoms with Crippen molar-refractivity contribution in [2.45, 2.75) is 33.6 Å². The third-order valence-electron chi connectivity index (χ3n) is 2.45. The summed E-state index contributed by atoms with van der Waals surface area (Å²) in [7, 11) is 1.82. The lowest BCUT2D eigenvalue weighted by atomic mass is 9.93. The van der Waals surface area contributed by atoms with Gasteiger partial charge in [-0.15, -0.1) is 0 Å². The maximum absolute atomic E-state index is 11.7. The van der Waals surface area contributed by atoms with Gasteiger partial charge in [-0.3, -0.25) is 4.79 Å². The summed E-state index contributed by atoms with van der Waals surface area (Å²) in [6, 6.07) is 0. The normalized spacial score (nSPS) is 11.6. The summed E-state index contributed by atoms with van der Waals surface area (Å²) < 4.78 is 5.29. The first-order chi connectivity index (χ1) is 7.43. The van der Waals surface area contributed by atoms with Gasteiger partial charge in [0, 0.05) is 20.2 Å². The Hall–Kier alpha value is -0.610. The minimum absolute atomic E-state index is 0.0192. The van der Waals surface area contributed by atoms with Crippen LogP contribution in [0.1, 0.15) is 33.6 Å². The van der Waals surface area contributed by atoms with Crippen LogP contribution in [0.3, 0.4) is 0 Å². The lowest BCUT2D eigenvalue weighted by Gasteiger charge is -2.29. The summed E-state index contributed by atoms with van der Waals surface area (Å²) in [5.74, 6) is 0.123. The van der Waals surface area contributed by atoms with Crippen molar-refractivity contribution in [1.82, 2.24) is 4.90 Å². The van der Waals surface area contributed by atoms with E-state index < -0.39 is 0 Å². The molecule has 0 aromatic carbocycles. The highest BCUT2D eigenvalue weighted by atomic mass is 16.5. The van der Waals surface area contributed by atoms with Crippen LogP contribution in [0, 0.1) is 5.41 Å². The zero-order valence-electron chi connectivity index (χ0n) is 11.1. The fourth-order valence-electron chi connectivity index (χ4n) is 1.39. The zero-order chi connectivity index (χ0) is 12.6. The Labute approximate surface area is 99.1 Å². The lowest BCUT2D eigenvalue weighted by Crippen LogP contribution is -2.40. The maximum Gasteiger partial charge on any atom is 0.224 e. The summed E-state index contributed by atoms with van der Waals surface area (Å²) in [6.45, 7) is 8.69. The van der Waals surface area contributed by atoms with E-state index in [0.717, 1.165) is 13.0 Å². The standard InChI is InChI=1S/C12H26N2O2/c1-5-7-16-8-6-11(15)14(4)10-12(2,3)9-13/h5-10,13H2,1-4H3. The van der Waals surface area contributed by atoms with Gasteiger partial charge in [0.05, 0.1) is 13.0 Å². The molecule has 4 heteroatoms. The predicted octanol–water partition coefficient (Wildman–Crippen LogP) is 1.25. The van der Waals surface area contributed by atoms with E-state index in [4.69, 9.17) is 10.5 Å². The van der Waals surface area contributed by atoms with Crippen LogP contribution in [0.25, 0.3) is 0 Å². The van der Waals surface area contributed by atoms with E-state index >= 15 is 0 Å². The van der Waals surface area contributed by atoms with Crippen LogP contribution < -0.4 is 5.73 Å². The van der Waals surface area contributed by atoms with Crippen molar-refractivity contribution in [2.75, 3.05) is 33.4 Å². The highest BCUT2D eigenvalue weighted by molar-refractivity contribution is 5.76. The van der Waals surface area contributed by atoms with Gasteiger partial charge in [0.2, 0.25) is 5.91 Å². The molecule has 0 aromatic rings. The van der Waals surface area contributed by atoms with Crippen molar-refractivity contribution in [3.05, 3.63) is 0 Å². The number of nitrogens with zero attached hydrogens (tertiary/aromatic N) is 1. The number of ether oxygens (including phenoxy) is 1. The van der Waals surface area contributed by atoms with Gasteiger partial charge in [-0.05, 0) is 18.4 Å². The maximum atomic E-state index is 11.7. The van der Waals surface area contributed by atoms with Gasteiger partial charge in [0.15, 0.2) is 0 Å². The fraction of sp³-hybridized carbons (Fsp3) is 0.917. The number of carbonyl (C=O) groups is 1. The Morgan fingerprint density at radius 3 is 2.50 bits per heavy atom. The average Bonchev–Trinajstić information content (AvgIpc) is 2.23. The largest absolute Gasteiger partial charge is 0.381 e. The van der Waals surface area contributed by atoms with Crippen molar-refractivity contribution < 1.29 is 9.53 Å². The minimum atomic E-state index is -0.0192. The van der Waals surface area contributed by atoms with E-state index in [2.05, 4.69) is 20.8 Å². The molecule has 0 aromatic heterocycles. The molecule has 2 N–H and O–H groups in total. The van der Waals surface area contributed by atoms with Gasteiger partial charge in [-0.1, -0.05) is 20.8 Å². The van der Waals surface area contributed by atoms with E-state index in [-0.39, 0.29) is 11.3 Å². The van der Waals surface area contributed by atoms with Gasteiger partial charge < -0.3 is 15.4 Å². The van der Waals surface area contributed by atoms with Crippen molar-refractivity contribution >= 4 is 5.91 Å². The summed E-state index contributed by atoms with van der Waals surface area (Å²) in [4.78, 5) is 13.4. The summed E-state index contributed by atoms with van der Waals surface area (Å²) >= 11 is 0. The smallest absolute Gasteiger partial charge is 0.224 e. The first-order valence-corrected chi connectivity index (χ1v) is 5.94. The zero-order valence-corrected chi connectivity index (χ0v) is 11.1. The first-order valence-electron chi connectivity index (χ1n) is 5.94. The summed E-state index contributed by atoms with van der Waals surface area (Å²) in [5, 5.41) is 0. The molecule has 96 valence electrons. The van der Waals surface area contributed by atoms with Gasteiger partial charge in [0.1, 0.15) is 0 Å². The van der Waals surface area contributed by atoms with Gasteiger partial charge >= 0.3 is 0 Å². The van der Waals surface area contributed by atoms with Crippen LogP contribution in [0.4, 0.5) is 0 Å².